The minimum Gasteiger partial charge on any atom is -0.494 e. The Hall–Kier alpha value is -3.62. The average Bonchev–Trinajstić information content (AvgIpc) is 3.22. The zero-order chi connectivity index (χ0) is 20.6. The molecule has 0 aliphatic heterocycles. The summed E-state index contributed by atoms with van der Waals surface area (Å²) in [4.78, 5) is 4.31. The molecule has 4 aromatic rings. The Morgan fingerprint density at radius 1 is 1.03 bits per heavy atom. The summed E-state index contributed by atoms with van der Waals surface area (Å²) in [6.07, 6.45) is 3.54. The second-order valence-electron chi connectivity index (χ2n) is 7.45. The summed E-state index contributed by atoms with van der Waals surface area (Å²) in [5.74, 6) is 0.721. The van der Waals surface area contributed by atoms with Gasteiger partial charge in [-0.15, -0.1) is 0 Å². The van der Waals surface area contributed by atoms with Crippen LogP contribution in [0.25, 0.3) is 27.9 Å². The highest BCUT2D eigenvalue weighted by atomic mass is 16.5. The molecule has 4 rings (SSSR count). The van der Waals surface area contributed by atoms with E-state index in [9.17, 15) is 5.11 Å². The summed E-state index contributed by atoms with van der Waals surface area (Å²) in [5, 5.41) is 19.4. The van der Waals surface area contributed by atoms with Crippen molar-refractivity contribution in [3.63, 3.8) is 0 Å². The number of imidazole rings is 1. The van der Waals surface area contributed by atoms with Crippen LogP contribution in [0.5, 0.6) is 5.75 Å². The number of fused-ring (bicyclic) bond motifs is 1. The van der Waals surface area contributed by atoms with E-state index in [1.165, 1.54) is 0 Å². The fourth-order valence-corrected chi connectivity index (χ4v) is 3.50. The monoisotopic (exact) mass is 383 g/mol. The van der Waals surface area contributed by atoms with Gasteiger partial charge in [0.25, 0.3) is 0 Å². The molecule has 2 aromatic carbocycles. The van der Waals surface area contributed by atoms with Crippen molar-refractivity contribution in [3.05, 3.63) is 78.2 Å². The summed E-state index contributed by atoms with van der Waals surface area (Å²) in [7, 11) is 1.64. The largest absolute Gasteiger partial charge is 0.494 e. The molecule has 0 fully saturated rings. The molecule has 2 aromatic heterocycles. The molecule has 29 heavy (non-hydrogen) atoms. The number of benzene rings is 2. The molecule has 0 atom stereocenters. The average molecular weight is 383 g/mol. The number of hydrogen-bond donors (Lipinski definition) is 1. The van der Waals surface area contributed by atoms with Gasteiger partial charge in [0.05, 0.1) is 42.6 Å². The molecule has 0 bridgehead atoms. The first-order valence-electron chi connectivity index (χ1n) is 9.29. The van der Waals surface area contributed by atoms with E-state index in [-0.39, 0.29) is 0 Å². The van der Waals surface area contributed by atoms with Crippen LogP contribution < -0.4 is 4.74 Å². The van der Waals surface area contributed by atoms with Gasteiger partial charge in [-0.3, -0.25) is 4.40 Å². The van der Waals surface area contributed by atoms with Crippen molar-refractivity contribution in [1.82, 2.24) is 9.38 Å². The lowest BCUT2D eigenvalue weighted by Crippen LogP contribution is -2.15. The molecule has 0 radical (unpaired) electrons. The molecule has 0 saturated heterocycles. The number of nitrogens with zero attached hydrogens (tertiary/aromatic N) is 3. The number of nitriles is 1. The van der Waals surface area contributed by atoms with E-state index < -0.39 is 5.60 Å². The van der Waals surface area contributed by atoms with Crippen LogP contribution in [0, 0.1) is 11.3 Å². The number of hydrogen-bond acceptors (Lipinski definition) is 4. The lowest BCUT2D eigenvalue weighted by Gasteiger charge is -2.19. The van der Waals surface area contributed by atoms with E-state index in [4.69, 9.17) is 10.00 Å². The molecule has 0 saturated carbocycles. The van der Waals surface area contributed by atoms with E-state index in [1.807, 2.05) is 46.9 Å². The molecular weight excluding hydrogens is 362 g/mol. The van der Waals surface area contributed by atoms with E-state index in [0.29, 0.717) is 5.56 Å². The van der Waals surface area contributed by atoms with Gasteiger partial charge in [0.15, 0.2) is 0 Å². The Balaban J connectivity index is 1.98. The number of methoxy groups -OCH3 is 1. The van der Waals surface area contributed by atoms with E-state index in [1.54, 1.807) is 45.6 Å². The molecule has 144 valence electrons. The second-order valence-corrected chi connectivity index (χ2v) is 7.45. The summed E-state index contributed by atoms with van der Waals surface area (Å²) in [6.45, 7) is 3.54. The molecule has 1 N–H and O–H groups in total. The molecule has 0 aliphatic rings. The van der Waals surface area contributed by atoms with E-state index in [2.05, 4.69) is 11.1 Å². The van der Waals surface area contributed by atoms with Crippen LogP contribution >= 0.6 is 0 Å². The maximum Gasteiger partial charge on any atom is 0.145 e. The summed E-state index contributed by atoms with van der Waals surface area (Å²) in [5.41, 5.74) is 5.31. The van der Waals surface area contributed by atoms with Gasteiger partial charge in [-0.2, -0.15) is 5.26 Å². The Morgan fingerprint density at radius 2 is 1.69 bits per heavy atom. The Labute approximate surface area is 169 Å². The quantitative estimate of drug-likeness (QED) is 0.551. The van der Waals surface area contributed by atoms with Crippen molar-refractivity contribution in [2.75, 3.05) is 7.11 Å². The maximum absolute atomic E-state index is 10.3. The number of ether oxygens (including phenoxy) is 1. The first-order valence-corrected chi connectivity index (χ1v) is 9.29. The van der Waals surface area contributed by atoms with Gasteiger partial charge in [-0.05, 0) is 48.7 Å². The zero-order valence-corrected chi connectivity index (χ0v) is 16.5. The predicted octanol–water partition coefficient (Wildman–Crippen LogP) is 4.78. The van der Waals surface area contributed by atoms with Crippen molar-refractivity contribution in [1.29, 1.82) is 5.26 Å². The van der Waals surface area contributed by atoms with Gasteiger partial charge in [-0.1, -0.05) is 36.4 Å². The van der Waals surface area contributed by atoms with Crippen LogP contribution in [0.2, 0.25) is 0 Å². The highest BCUT2D eigenvalue weighted by Crippen LogP contribution is 2.38. The van der Waals surface area contributed by atoms with Gasteiger partial charge in [0.2, 0.25) is 0 Å². The molecule has 0 aliphatic carbocycles. The third kappa shape index (κ3) is 3.35. The minimum atomic E-state index is -0.904. The molecule has 5 heteroatoms. The topological polar surface area (TPSA) is 70.5 Å². The zero-order valence-electron chi connectivity index (χ0n) is 16.5. The number of pyridine rings is 1. The molecule has 0 unspecified atom stereocenters. The second kappa shape index (κ2) is 7.08. The van der Waals surface area contributed by atoms with Gasteiger partial charge in [-0.25, -0.2) is 4.98 Å². The van der Waals surface area contributed by atoms with Gasteiger partial charge >= 0.3 is 0 Å². The Kier molecular flexibility index (Phi) is 4.57. The van der Waals surface area contributed by atoms with Crippen LogP contribution in [0.4, 0.5) is 0 Å². The maximum atomic E-state index is 10.3. The van der Waals surface area contributed by atoms with Gasteiger partial charge in [0, 0.05) is 5.56 Å². The lowest BCUT2D eigenvalue weighted by atomic mass is 9.94. The molecular formula is C24H21N3O2. The first-order chi connectivity index (χ1) is 13.9. The molecule has 2 heterocycles. The number of rotatable bonds is 4. The smallest absolute Gasteiger partial charge is 0.145 e. The van der Waals surface area contributed by atoms with Crippen LogP contribution in [0.15, 0.2) is 67.1 Å². The highest BCUT2D eigenvalue weighted by molar-refractivity contribution is 5.86. The summed E-state index contributed by atoms with van der Waals surface area (Å²) in [6, 6.07) is 19.5. The molecule has 0 spiro atoms. The summed E-state index contributed by atoms with van der Waals surface area (Å²) < 4.78 is 7.61. The first kappa shape index (κ1) is 18.7. The van der Waals surface area contributed by atoms with E-state index in [0.717, 1.165) is 39.2 Å². The fourth-order valence-electron chi connectivity index (χ4n) is 3.50. The third-order valence-corrected chi connectivity index (χ3v) is 5.07. The predicted molar refractivity (Wildman–Crippen MR) is 113 cm³/mol. The standard InChI is InChI=1S/C24H21N3O2/c1-24(2,28)19-10-8-18(9-11-19)23-20(17-6-4-16(13-25)5-7-17)12-22(29-3)21-14-26-15-27(21)23/h4-12,14-15,28H,1-3H3. The lowest BCUT2D eigenvalue weighted by molar-refractivity contribution is 0.0786. The van der Waals surface area contributed by atoms with Crippen LogP contribution in [-0.4, -0.2) is 21.6 Å². The normalized spacial score (nSPS) is 11.4. The van der Waals surface area contributed by atoms with Crippen molar-refractivity contribution >= 4 is 5.52 Å². The van der Waals surface area contributed by atoms with Crippen molar-refractivity contribution < 1.29 is 9.84 Å². The van der Waals surface area contributed by atoms with Crippen LogP contribution in [0.3, 0.4) is 0 Å². The van der Waals surface area contributed by atoms with Crippen molar-refractivity contribution in [2.45, 2.75) is 19.4 Å². The molecule has 0 amide bonds. The third-order valence-electron chi connectivity index (χ3n) is 5.07. The van der Waals surface area contributed by atoms with Gasteiger partial charge < -0.3 is 9.84 Å². The summed E-state index contributed by atoms with van der Waals surface area (Å²) >= 11 is 0. The Bertz CT molecular complexity index is 1210. The molecule has 5 nitrogen and oxygen atoms in total. The Morgan fingerprint density at radius 3 is 2.28 bits per heavy atom. The number of aliphatic hydroxyl groups is 1. The van der Waals surface area contributed by atoms with Crippen LogP contribution in [-0.2, 0) is 5.60 Å². The van der Waals surface area contributed by atoms with Crippen molar-refractivity contribution in [2.24, 2.45) is 0 Å². The van der Waals surface area contributed by atoms with Crippen molar-refractivity contribution in [3.8, 4) is 34.2 Å². The minimum absolute atomic E-state index is 0.612. The number of aromatic nitrogens is 2. The van der Waals surface area contributed by atoms with Crippen LogP contribution in [0.1, 0.15) is 25.0 Å². The fraction of sp³-hybridized carbons (Fsp3) is 0.167. The van der Waals surface area contributed by atoms with E-state index >= 15 is 0 Å². The SMILES string of the molecule is COc1cc(-c2ccc(C#N)cc2)c(-c2ccc(C(C)(C)O)cc2)n2cncc12. The van der Waals surface area contributed by atoms with Gasteiger partial charge in [0.1, 0.15) is 11.3 Å². The highest BCUT2D eigenvalue weighted by Gasteiger charge is 2.19.